The molecular weight excluding hydrogens is 410 g/mol. The molecule has 0 aliphatic rings. The summed E-state index contributed by atoms with van der Waals surface area (Å²) in [6.45, 7) is 10.3. The van der Waals surface area contributed by atoms with Crippen LogP contribution in [-0.2, 0) is 11.8 Å². The number of nitrogen functional groups attached to an aromatic ring is 1. The highest BCUT2D eigenvalue weighted by Crippen LogP contribution is 2.28. The number of nitrogens with zero attached hydrogens (tertiary/aromatic N) is 4. The van der Waals surface area contributed by atoms with E-state index in [9.17, 15) is 0 Å². The molecule has 2 N–H and O–H groups in total. The van der Waals surface area contributed by atoms with Crippen molar-refractivity contribution >= 4 is 17.3 Å². The van der Waals surface area contributed by atoms with Crippen molar-refractivity contribution in [3.8, 4) is 17.1 Å². The number of hydrogen-bond donors (Lipinski definition) is 1. The molecule has 0 aliphatic heterocycles. The molecular formula is C24H26ClN5O. The van der Waals surface area contributed by atoms with E-state index in [1.165, 1.54) is 11.1 Å². The summed E-state index contributed by atoms with van der Waals surface area (Å²) in [5.74, 6) is 1.17. The Morgan fingerprint density at radius 3 is 2.35 bits per heavy atom. The van der Waals surface area contributed by atoms with E-state index in [0.717, 1.165) is 29.1 Å². The van der Waals surface area contributed by atoms with Gasteiger partial charge in [-0.2, -0.15) is 5.10 Å². The highest BCUT2D eigenvalue weighted by molar-refractivity contribution is 6.33. The average Bonchev–Trinajstić information content (AvgIpc) is 3.32. The Hall–Kier alpha value is -3.12. The van der Waals surface area contributed by atoms with Crippen molar-refractivity contribution in [2.45, 2.75) is 46.5 Å². The highest BCUT2D eigenvalue weighted by atomic mass is 35.5. The van der Waals surface area contributed by atoms with E-state index in [1.54, 1.807) is 6.07 Å². The van der Waals surface area contributed by atoms with Crippen LogP contribution in [0.15, 0.2) is 46.9 Å². The maximum absolute atomic E-state index is 6.20. The van der Waals surface area contributed by atoms with Gasteiger partial charge in [-0.05, 0) is 49.7 Å². The Morgan fingerprint density at radius 1 is 1.03 bits per heavy atom. The van der Waals surface area contributed by atoms with Gasteiger partial charge in [-0.25, -0.2) is 4.68 Å². The van der Waals surface area contributed by atoms with Gasteiger partial charge in [0.2, 0.25) is 11.8 Å². The maximum atomic E-state index is 6.20. The minimum atomic E-state index is -0.172. The fourth-order valence-corrected chi connectivity index (χ4v) is 3.62. The van der Waals surface area contributed by atoms with Crippen LogP contribution in [0.1, 0.15) is 49.2 Å². The van der Waals surface area contributed by atoms with Gasteiger partial charge in [0.25, 0.3) is 0 Å². The second-order valence-electron chi connectivity index (χ2n) is 8.80. The van der Waals surface area contributed by atoms with Gasteiger partial charge in [0.1, 0.15) is 0 Å². The SMILES string of the molecule is Cc1nn(-c2ccc(N)c(Cl)c2)c(C)c1Cc1ccc(-c2nnc(C(C)(C)C)o2)cc1. The third-order valence-electron chi connectivity index (χ3n) is 5.32. The van der Waals surface area contributed by atoms with Crippen molar-refractivity contribution in [3.63, 3.8) is 0 Å². The number of halogens is 1. The molecule has 2 aromatic heterocycles. The lowest BCUT2D eigenvalue weighted by Crippen LogP contribution is -2.11. The van der Waals surface area contributed by atoms with Gasteiger partial charge >= 0.3 is 0 Å². The first-order valence-corrected chi connectivity index (χ1v) is 10.5. The summed E-state index contributed by atoms with van der Waals surface area (Å²) in [5, 5.41) is 13.6. The van der Waals surface area contributed by atoms with Gasteiger partial charge < -0.3 is 10.2 Å². The molecule has 0 atom stereocenters. The van der Waals surface area contributed by atoms with E-state index in [4.69, 9.17) is 26.9 Å². The minimum absolute atomic E-state index is 0.172. The minimum Gasteiger partial charge on any atom is -0.420 e. The Labute approximate surface area is 187 Å². The van der Waals surface area contributed by atoms with Crippen molar-refractivity contribution in [1.82, 2.24) is 20.0 Å². The first-order valence-electron chi connectivity index (χ1n) is 10.2. The van der Waals surface area contributed by atoms with Crippen molar-refractivity contribution in [3.05, 3.63) is 75.9 Å². The summed E-state index contributed by atoms with van der Waals surface area (Å²) in [4.78, 5) is 0. The van der Waals surface area contributed by atoms with Crippen molar-refractivity contribution < 1.29 is 4.42 Å². The first kappa shape index (κ1) is 21.1. The lowest BCUT2D eigenvalue weighted by molar-refractivity contribution is 0.399. The number of rotatable bonds is 4. The van der Waals surface area contributed by atoms with Crippen LogP contribution in [0, 0.1) is 13.8 Å². The molecule has 2 heterocycles. The third-order valence-corrected chi connectivity index (χ3v) is 5.65. The van der Waals surface area contributed by atoms with Crippen LogP contribution in [0.5, 0.6) is 0 Å². The molecule has 0 spiro atoms. The fourth-order valence-electron chi connectivity index (χ4n) is 3.44. The van der Waals surface area contributed by atoms with E-state index in [-0.39, 0.29) is 5.41 Å². The van der Waals surface area contributed by atoms with Crippen molar-refractivity contribution in [2.75, 3.05) is 5.73 Å². The Kier molecular flexibility index (Phi) is 5.35. The highest BCUT2D eigenvalue weighted by Gasteiger charge is 2.22. The van der Waals surface area contributed by atoms with Crippen LogP contribution in [0.25, 0.3) is 17.1 Å². The van der Waals surface area contributed by atoms with Crippen LogP contribution in [0.2, 0.25) is 5.02 Å². The third kappa shape index (κ3) is 4.21. The van der Waals surface area contributed by atoms with Crippen LogP contribution in [-0.4, -0.2) is 20.0 Å². The predicted molar refractivity (Wildman–Crippen MR) is 124 cm³/mol. The summed E-state index contributed by atoms with van der Waals surface area (Å²) in [6.07, 6.45) is 0.776. The number of aryl methyl sites for hydroxylation is 1. The quantitative estimate of drug-likeness (QED) is 0.418. The standard InChI is InChI=1S/C24H26ClN5O/c1-14-19(15(2)30(29-14)18-10-11-21(26)20(25)13-18)12-16-6-8-17(9-7-16)22-27-28-23(31-22)24(3,4)5/h6-11,13H,12,26H2,1-5H3. The lowest BCUT2D eigenvalue weighted by Gasteiger charge is -2.11. The molecule has 2 aromatic carbocycles. The summed E-state index contributed by atoms with van der Waals surface area (Å²) < 4.78 is 7.76. The molecule has 0 saturated heterocycles. The van der Waals surface area contributed by atoms with Gasteiger partial charge in [-0.3, -0.25) is 0 Å². The molecule has 160 valence electrons. The van der Waals surface area contributed by atoms with Crippen molar-refractivity contribution in [2.24, 2.45) is 0 Å². The molecule has 4 aromatic rings. The predicted octanol–water partition coefficient (Wildman–Crippen LogP) is 5.66. The largest absolute Gasteiger partial charge is 0.420 e. The fraction of sp³-hybridized carbons (Fsp3) is 0.292. The Morgan fingerprint density at radius 2 is 1.74 bits per heavy atom. The van der Waals surface area contributed by atoms with E-state index < -0.39 is 0 Å². The Balaban J connectivity index is 1.58. The zero-order valence-electron chi connectivity index (χ0n) is 18.4. The monoisotopic (exact) mass is 435 g/mol. The second kappa shape index (κ2) is 7.85. The molecule has 31 heavy (non-hydrogen) atoms. The van der Waals surface area contributed by atoms with Crippen LogP contribution < -0.4 is 5.73 Å². The first-order chi connectivity index (χ1) is 14.6. The lowest BCUT2D eigenvalue weighted by atomic mass is 9.97. The summed E-state index contributed by atoms with van der Waals surface area (Å²) >= 11 is 6.20. The van der Waals surface area contributed by atoms with E-state index in [0.29, 0.717) is 22.5 Å². The zero-order valence-corrected chi connectivity index (χ0v) is 19.2. The molecule has 6 nitrogen and oxygen atoms in total. The van der Waals surface area contributed by atoms with Crippen LogP contribution in [0.4, 0.5) is 5.69 Å². The van der Waals surface area contributed by atoms with Gasteiger partial charge in [0.05, 0.1) is 22.1 Å². The molecule has 0 unspecified atom stereocenters. The second-order valence-corrected chi connectivity index (χ2v) is 9.21. The summed E-state index contributed by atoms with van der Waals surface area (Å²) in [7, 11) is 0. The number of benzene rings is 2. The van der Waals surface area contributed by atoms with Crippen LogP contribution in [0.3, 0.4) is 0 Å². The summed E-state index contributed by atoms with van der Waals surface area (Å²) in [6, 6.07) is 13.8. The van der Waals surface area contributed by atoms with Gasteiger partial charge in [0, 0.05) is 28.7 Å². The molecule has 4 rings (SSSR count). The number of hydrogen-bond acceptors (Lipinski definition) is 5. The van der Waals surface area contributed by atoms with E-state index in [1.807, 2.05) is 35.9 Å². The summed E-state index contributed by atoms with van der Waals surface area (Å²) in [5.41, 5.74) is 12.5. The zero-order chi connectivity index (χ0) is 22.3. The Bertz CT molecular complexity index is 1230. The topological polar surface area (TPSA) is 82.8 Å². The molecule has 0 saturated carbocycles. The van der Waals surface area contributed by atoms with Crippen molar-refractivity contribution in [1.29, 1.82) is 0 Å². The maximum Gasteiger partial charge on any atom is 0.247 e. The normalized spacial score (nSPS) is 11.8. The van der Waals surface area contributed by atoms with Crippen LogP contribution >= 0.6 is 11.6 Å². The van der Waals surface area contributed by atoms with Gasteiger partial charge in [-0.1, -0.05) is 44.5 Å². The molecule has 0 aliphatic carbocycles. The number of nitrogens with two attached hydrogens (primary N) is 1. The van der Waals surface area contributed by atoms with Gasteiger partial charge in [0.15, 0.2) is 0 Å². The number of aromatic nitrogens is 4. The number of anilines is 1. The van der Waals surface area contributed by atoms with E-state index in [2.05, 4.69) is 50.0 Å². The molecule has 0 fully saturated rings. The van der Waals surface area contributed by atoms with Gasteiger partial charge in [-0.15, -0.1) is 10.2 Å². The average molecular weight is 436 g/mol. The van der Waals surface area contributed by atoms with E-state index >= 15 is 0 Å². The molecule has 0 amide bonds. The molecule has 7 heteroatoms. The molecule has 0 bridgehead atoms. The molecule has 0 radical (unpaired) electrons. The smallest absolute Gasteiger partial charge is 0.247 e.